The van der Waals surface area contributed by atoms with E-state index in [2.05, 4.69) is 4.98 Å². The maximum Gasteiger partial charge on any atom is 0.325 e. The van der Waals surface area contributed by atoms with Crippen molar-refractivity contribution >= 4 is 11.9 Å². The van der Waals surface area contributed by atoms with Crippen LogP contribution in [-0.2, 0) is 4.79 Å². The van der Waals surface area contributed by atoms with Crippen molar-refractivity contribution in [1.29, 1.82) is 0 Å². The van der Waals surface area contributed by atoms with Gasteiger partial charge in [0.25, 0.3) is 5.91 Å². The lowest BCUT2D eigenvalue weighted by atomic mass is 10.0. The van der Waals surface area contributed by atoms with E-state index in [0.29, 0.717) is 17.9 Å². The minimum Gasteiger partial charge on any atom is -0.494 e. The van der Waals surface area contributed by atoms with E-state index in [4.69, 9.17) is 15.6 Å². The number of ether oxygens (including phenoxy) is 1. The first-order valence-corrected chi connectivity index (χ1v) is 5.77. The van der Waals surface area contributed by atoms with Crippen molar-refractivity contribution in [1.82, 2.24) is 9.88 Å². The van der Waals surface area contributed by atoms with E-state index >= 15 is 0 Å². The highest BCUT2D eigenvalue weighted by molar-refractivity contribution is 5.97. The van der Waals surface area contributed by atoms with Crippen molar-refractivity contribution in [2.45, 2.75) is 12.0 Å². The summed E-state index contributed by atoms with van der Waals surface area (Å²) in [6.45, 7) is 0.305. The number of carboxylic acids is 1. The number of likely N-dealkylation sites (tertiary alicyclic amines) is 1. The second-order valence-corrected chi connectivity index (χ2v) is 4.51. The maximum absolute atomic E-state index is 12.3. The summed E-state index contributed by atoms with van der Waals surface area (Å²) in [6.07, 6.45) is 3.16. The zero-order valence-corrected chi connectivity index (χ0v) is 10.5. The number of nitrogens with two attached hydrogens (primary N) is 1. The van der Waals surface area contributed by atoms with Gasteiger partial charge < -0.3 is 20.5 Å². The molecule has 1 aromatic rings. The van der Waals surface area contributed by atoms with Crippen LogP contribution in [0.15, 0.2) is 18.5 Å². The highest BCUT2D eigenvalue weighted by Crippen LogP contribution is 2.24. The molecule has 1 unspecified atom stereocenters. The summed E-state index contributed by atoms with van der Waals surface area (Å²) in [5.41, 5.74) is 4.73. The zero-order valence-electron chi connectivity index (χ0n) is 10.5. The third-order valence-electron chi connectivity index (χ3n) is 3.25. The number of aromatic nitrogens is 1. The monoisotopic (exact) mass is 265 g/mol. The molecule has 7 nitrogen and oxygen atoms in total. The zero-order chi connectivity index (χ0) is 14.0. The average Bonchev–Trinajstić information content (AvgIpc) is 2.82. The third-order valence-corrected chi connectivity index (χ3v) is 3.25. The largest absolute Gasteiger partial charge is 0.494 e. The fourth-order valence-electron chi connectivity index (χ4n) is 2.07. The van der Waals surface area contributed by atoms with Gasteiger partial charge in [-0.05, 0) is 12.5 Å². The number of carboxylic acid groups (broad SMARTS) is 1. The van der Waals surface area contributed by atoms with E-state index in [9.17, 15) is 9.59 Å². The molecule has 0 aromatic carbocycles. The van der Waals surface area contributed by atoms with Crippen LogP contribution in [0.2, 0.25) is 0 Å². The number of nitrogens with zero attached hydrogens (tertiary/aromatic N) is 2. The number of carbonyl (C=O) groups excluding carboxylic acids is 1. The van der Waals surface area contributed by atoms with Crippen molar-refractivity contribution in [2.24, 2.45) is 5.73 Å². The standard InChI is InChI=1S/C12H15N3O4/c1-19-9-6-14-4-2-8(9)10(16)15-5-3-12(13,7-15)11(17)18/h2,4,6H,3,5,7,13H2,1H3,(H,17,18). The van der Waals surface area contributed by atoms with Gasteiger partial charge in [0, 0.05) is 19.3 Å². The Morgan fingerprint density at radius 2 is 2.32 bits per heavy atom. The lowest BCUT2D eigenvalue weighted by Crippen LogP contribution is -2.50. The molecular formula is C12H15N3O4. The van der Waals surface area contributed by atoms with Crippen LogP contribution in [0.4, 0.5) is 0 Å². The Kier molecular flexibility index (Phi) is 3.39. The number of rotatable bonds is 3. The lowest BCUT2D eigenvalue weighted by Gasteiger charge is -2.20. The predicted molar refractivity (Wildman–Crippen MR) is 65.9 cm³/mol. The Labute approximate surface area is 110 Å². The van der Waals surface area contributed by atoms with E-state index in [1.165, 1.54) is 24.4 Å². The summed E-state index contributed by atoms with van der Waals surface area (Å²) in [7, 11) is 1.45. The molecule has 2 heterocycles. The summed E-state index contributed by atoms with van der Waals surface area (Å²) in [5, 5.41) is 9.05. The van der Waals surface area contributed by atoms with Crippen molar-refractivity contribution < 1.29 is 19.4 Å². The van der Waals surface area contributed by atoms with Crippen LogP contribution in [0.5, 0.6) is 5.75 Å². The molecule has 3 N–H and O–H groups in total. The normalized spacial score (nSPS) is 22.3. The smallest absolute Gasteiger partial charge is 0.325 e. The molecule has 0 saturated carbocycles. The number of pyridine rings is 1. The van der Waals surface area contributed by atoms with Crippen molar-refractivity contribution in [3.63, 3.8) is 0 Å². The third kappa shape index (κ3) is 2.37. The molecule has 0 spiro atoms. The van der Waals surface area contributed by atoms with E-state index in [0.717, 1.165) is 0 Å². The van der Waals surface area contributed by atoms with E-state index in [1.807, 2.05) is 0 Å². The quantitative estimate of drug-likeness (QED) is 0.778. The minimum atomic E-state index is -1.37. The van der Waals surface area contributed by atoms with Crippen LogP contribution in [0, 0.1) is 0 Å². The number of hydrogen-bond acceptors (Lipinski definition) is 5. The Balaban J connectivity index is 2.20. The molecule has 1 saturated heterocycles. The molecule has 2 rings (SSSR count). The number of aliphatic carboxylic acids is 1. The van der Waals surface area contributed by atoms with Crippen LogP contribution in [-0.4, -0.2) is 52.6 Å². The molecule has 0 radical (unpaired) electrons. The summed E-state index contributed by atoms with van der Waals surface area (Å²) >= 11 is 0. The molecule has 1 fully saturated rings. The molecule has 1 aliphatic rings. The highest BCUT2D eigenvalue weighted by Gasteiger charge is 2.43. The van der Waals surface area contributed by atoms with E-state index < -0.39 is 11.5 Å². The van der Waals surface area contributed by atoms with Gasteiger partial charge in [0.15, 0.2) is 0 Å². The number of carbonyl (C=O) groups is 2. The van der Waals surface area contributed by atoms with Gasteiger partial charge in [-0.1, -0.05) is 0 Å². The van der Waals surface area contributed by atoms with E-state index in [-0.39, 0.29) is 18.9 Å². The molecule has 1 aromatic heterocycles. The molecule has 7 heteroatoms. The van der Waals surface area contributed by atoms with Crippen LogP contribution in [0.3, 0.4) is 0 Å². The highest BCUT2D eigenvalue weighted by atomic mass is 16.5. The van der Waals surface area contributed by atoms with Gasteiger partial charge in [-0.2, -0.15) is 0 Å². The van der Waals surface area contributed by atoms with Gasteiger partial charge in [0.2, 0.25) is 0 Å². The van der Waals surface area contributed by atoms with Crippen LogP contribution < -0.4 is 10.5 Å². The lowest BCUT2D eigenvalue weighted by molar-refractivity contribution is -0.142. The topological polar surface area (TPSA) is 106 Å². The number of amides is 1. The van der Waals surface area contributed by atoms with Crippen molar-refractivity contribution in [2.75, 3.05) is 20.2 Å². The second kappa shape index (κ2) is 4.85. The van der Waals surface area contributed by atoms with Crippen molar-refractivity contribution in [3.8, 4) is 5.75 Å². The van der Waals surface area contributed by atoms with Crippen molar-refractivity contribution in [3.05, 3.63) is 24.0 Å². The molecule has 1 amide bonds. The predicted octanol–water partition coefficient (Wildman–Crippen LogP) is -0.282. The first-order valence-electron chi connectivity index (χ1n) is 5.77. The molecule has 19 heavy (non-hydrogen) atoms. The molecule has 0 bridgehead atoms. The van der Waals surface area contributed by atoms with Gasteiger partial charge in [0.1, 0.15) is 11.3 Å². The molecular weight excluding hydrogens is 250 g/mol. The van der Waals surface area contributed by atoms with Crippen LogP contribution >= 0.6 is 0 Å². The number of hydrogen-bond donors (Lipinski definition) is 2. The van der Waals surface area contributed by atoms with Crippen LogP contribution in [0.1, 0.15) is 16.8 Å². The average molecular weight is 265 g/mol. The van der Waals surface area contributed by atoms with Gasteiger partial charge >= 0.3 is 5.97 Å². The van der Waals surface area contributed by atoms with Gasteiger partial charge in [-0.25, -0.2) is 0 Å². The maximum atomic E-state index is 12.3. The summed E-state index contributed by atoms with van der Waals surface area (Å²) < 4.78 is 5.07. The Hall–Kier alpha value is -2.15. The molecule has 1 aliphatic heterocycles. The van der Waals surface area contributed by atoms with Crippen LogP contribution in [0.25, 0.3) is 0 Å². The van der Waals surface area contributed by atoms with Gasteiger partial charge in [0.05, 0.1) is 18.9 Å². The number of methoxy groups -OCH3 is 1. The first kappa shape index (κ1) is 13.3. The fraction of sp³-hybridized carbons (Fsp3) is 0.417. The molecule has 0 aliphatic carbocycles. The molecule has 1 atom stereocenters. The summed E-state index contributed by atoms with van der Waals surface area (Å²) in [6, 6.07) is 1.54. The Morgan fingerprint density at radius 1 is 1.58 bits per heavy atom. The second-order valence-electron chi connectivity index (χ2n) is 4.51. The summed E-state index contributed by atoms with van der Waals surface area (Å²) in [5.74, 6) is -1.03. The summed E-state index contributed by atoms with van der Waals surface area (Å²) in [4.78, 5) is 28.7. The minimum absolute atomic E-state index is 0.00730. The first-order chi connectivity index (χ1) is 8.98. The molecule has 102 valence electrons. The van der Waals surface area contributed by atoms with E-state index in [1.54, 1.807) is 6.07 Å². The van der Waals surface area contributed by atoms with Gasteiger partial charge in [-0.3, -0.25) is 14.6 Å². The van der Waals surface area contributed by atoms with Gasteiger partial charge in [-0.15, -0.1) is 0 Å². The fourth-order valence-corrected chi connectivity index (χ4v) is 2.07. The Bertz CT molecular complexity index is 519. The SMILES string of the molecule is COc1cnccc1C(=O)N1CCC(N)(C(=O)O)C1. The Morgan fingerprint density at radius 3 is 2.89 bits per heavy atom.